The Bertz CT molecular complexity index is 580. The summed E-state index contributed by atoms with van der Waals surface area (Å²) >= 11 is 0. The van der Waals surface area contributed by atoms with E-state index < -0.39 is 8.32 Å². The molecular weight excluding hydrogens is 290 g/mol. The van der Waals surface area contributed by atoms with Crippen LogP contribution < -0.4 is 0 Å². The summed E-state index contributed by atoms with van der Waals surface area (Å²) in [6, 6.07) is 7.93. The van der Waals surface area contributed by atoms with Crippen LogP contribution in [0.2, 0.25) is 18.1 Å². The third-order valence-electron chi connectivity index (χ3n) is 4.74. The second-order valence-electron chi connectivity index (χ2n) is 7.78. The van der Waals surface area contributed by atoms with Gasteiger partial charge in [-0.15, -0.1) is 0 Å². The predicted octanol–water partition coefficient (Wildman–Crippen LogP) is 5.42. The Labute approximate surface area is 135 Å². The van der Waals surface area contributed by atoms with Crippen LogP contribution in [-0.4, -0.2) is 19.9 Å². The minimum atomic E-state index is -1.63. The fraction of sp³-hybridized carbons (Fsp3) is 0.611. The lowest BCUT2D eigenvalue weighted by atomic mass is 10.1. The summed E-state index contributed by atoms with van der Waals surface area (Å²) in [6.07, 6.45) is 1.92. The molecule has 0 N–H and O–H groups in total. The molecule has 0 aliphatic heterocycles. The molecule has 0 unspecified atom stereocenters. The normalized spacial score (nSPS) is 14.5. The zero-order valence-electron chi connectivity index (χ0n) is 14.8. The summed E-state index contributed by atoms with van der Waals surface area (Å²) < 4.78 is 12.0. The fourth-order valence-electron chi connectivity index (χ4n) is 2.14. The van der Waals surface area contributed by atoms with Crippen LogP contribution in [-0.2, 0) is 10.8 Å². The molecule has 1 aromatic carbocycles. The van der Waals surface area contributed by atoms with Gasteiger partial charge in [0.15, 0.2) is 19.8 Å². The molecule has 0 radical (unpaired) electrons. The molecule has 0 fully saturated rings. The molecule has 0 saturated heterocycles. The SMILES string of the molecule is C[C@@H](CCO[Si](C)(C)C(C)(C)C)Cc1nc2ccccc2o1. The van der Waals surface area contributed by atoms with E-state index in [2.05, 4.69) is 45.8 Å². The molecule has 0 saturated carbocycles. The van der Waals surface area contributed by atoms with Crippen molar-refractivity contribution in [3.63, 3.8) is 0 Å². The summed E-state index contributed by atoms with van der Waals surface area (Å²) in [5.74, 6) is 1.35. The maximum absolute atomic E-state index is 6.25. The lowest BCUT2D eigenvalue weighted by Gasteiger charge is -2.36. The van der Waals surface area contributed by atoms with E-state index in [1.165, 1.54) is 0 Å². The van der Waals surface area contributed by atoms with E-state index in [0.29, 0.717) is 5.92 Å². The van der Waals surface area contributed by atoms with Crippen molar-refractivity contribution in [3.05, 3.63) is 30.2 Å². The van der Waals surface area contributed by atoms with Gasteiger partial charge in [0.1, 0.15) is 5.52 Å². The molecule has 2 aromatic rings. The number of benzene rings is 1. The molecule has 0 amide bonds. The minimum Gasteiger partial charge on any atom is -0.441 e. The van der Waals surface area contributed by atoms with E-state index in [9.17, 15) is 0 Å². The van der Waals surface area contributed by atoms with Crippen molar-refractivity contribution in [1.82, 2.24) is 4.98 Å². The van der Waals surface area contributed by atoms with Gasteiger partial charge in [-0.3, -0.25) is 0 Å². The maximum atomic E-state index is 6.25. The molecule has 0 aliphatic carbocycles. The highest BCUT2D eigenvalue weighted by Gasteiger charge is 2.36. The van der Waals surface area contributed by atoms with E-state index >= 15 is 0 Å². The number of hydrogen-bond acceptors (Lipinski definition) is 3. The van der Waals surface area contributed by atoms with Gasteiger partial charge in [-0.25, -0.2) is 4.98 Å². The van der Waals surface area contributed by atoms with Gasteiger partial charge >= 0.3 is 0 Å². The highest BCUT2D eigenvalue weighted by Crippen LogP contribution is 2.36. The number of nitrogens with zero attached hydrogens (tertiary/aromatic N) is 1. The fourth-order valence-corrected chi connectivity index (χ4v) is 3.20. The van der Waals surface area contributed by atoms with Crippen molar-refractivity contribution >= 4 is 19.4 Å². The van der Waals surface area contributed by atoms with Crippen molar-refractivity contribution in [3.8, 4) is 0 Å². The summed E-state index contributed by atoms with van der Waals surface area (Å²) in [7, 11) is -1.63. The summed E-state index contributed by atoms with van der Waals surface area (Å²) in [5, 5.41) is 0.274. The van der Waals surface area contributed by atoms with Gasteiger partial charge in [-0.05, 0) is 42.6 Å². The predicted molar refractivity (Wildman–Crippen MR) is 94.6 cm³/mol. The van der Waals surface area contributed by atoms with Crippen LogP contribution in [0.3, 0.4) is 0 Å². The summed E-state index contributed by atoms with van der Waals surface area (Å²) in [6.45, 7) is 14.5. The first kappa shape index (κ1) is 17.2. The second-order valence-corrected chi connectivity index (χ2v) is 12.6. The van der Waals surface area contributed by atoms with Crippen LogP contribution >= 0.6 is 0 Å². The van der Waals surface area contributed by atoms with E-state index in [0.717, 1.165) is 36.4 Å². The van der Waals surface area contributed by atoms with Crippen molar-refractivity contribution in [2.24, 2.45) is 5.92 Å². The van der Waals surface area contributed by atoms with Crippen molar-refractivity contribution < 1.29 is 8.84 Å². The standard InChI is InChI=1S/C18H29NO2Si/c1-14(11-12-20-22(5,6)18(2,3)4)13-17-19-15-9-7-8-10-16(15)21-17/h7-10,14H,11-13H2,1-6H3/t14-/m0/s1. The topological polar surface area (TPSA) is 35.3 Å². The second kappa shape index (κ2) is 6.55. The smallest absolute Gasteiger partial charge is 0.195 e. The van der Waals surface area contributed by atoms with Crippen LogP contribution in [0.15, 0.2) is 28.7 Å². The lowest BCUT2D eigenvalue weighted by Crippen LogP contribution is -2.41. The minimum absolute atomic E-state index is 0.274. The Hall–Kier alpha value is -1.13. The monoisotopic (exact) mass is 319 g/mol. The molecule has 1 aromatic heterocycles. The van der Waals surface area contributed by atoms with E-state index in [1.807, 2.05) is 24.3 Å². The van der Waals surface area contributed by atoms with Crippen LogP contribution in [0.1, 0.15) is 40.0 Å². The zero-order chi connectivity index (χ0) is 16.4. The van der Waals surface area contributed by atoms with Gasteiger partial charge in [0.05, 0.1) is 0 Å². The first-order valence-electron chi connectivity index (χ1n) is 8.17. The summed E-state index contributed by atoms with van der Waals surface area (Å²) in [5.41, 5.74) is 1.82. The number of para-hydroxylation sites is 2. The van der Waals surface area contributed by atoms with Gasteiger partial charge < -0.3 is 8.84 Å². The van der Waals surface area contributed by atoms with E-state index in [-0.39, 0.29) is 5.04 Å². The molecule has 22 heavy (non-hydrogen) atoms. The van der Waals surface area contributed by atoms with Crippen LogP contribution in [0.25, 0.3) is 11.1 Å². The molecule has 0 bridgehead atoms. The van der Waals surface area contributed by atoms with Gasteiger partial charge in [0, 0.05) is 13.0 Å². The number of rotatable bonds is 6. The Morgan fingerprint density at radius 3 is 2.55 bits per heavy atom. The molecule has 4 heteroatoms. The van der Waals surface area contributed by atoms with Crippen LogP contribution in [0.5, 0.6) is 0 Å². The maximum Gasteiger partial charge on any atom is 0.195 e. The third kappa shape index (κ3) is 4.20. The van der Waals surface area contributed by atoms with Crippen molar-refractivity contribution in [2.75, 3.05) is 6.61 Å². The molecule has 0 aliphatic rings. The quantitative estimate of drug-likeness (QED) is 0.667. The first-order valence-corrected chi connectivity index (χ1v) is 11.1. The number of hydrogen-bond donors (Lipinski definition) is 0. The number of oxazole rings is 1. The molecule has 1 heterocycles. The third-order valence-corrected chi connectivity index (χ3v) is 9.28. The van der Waals surface area contributed by atoms with Crippen molar-refractivity contribution in [2.45, 2.75) is 58.7 Å². The largest absolute Gasteiger partial charge is 0.441 e. The Morgan fingerprint density at radius 1 is 1.23 bits per heavy atom. The van der Waals surface area contributed by atoms with E-state index in [1.54, 1.807) is 0 Å². The molecule has 122 valence electrons. The molecule has 1 atom stereocenters. The van der Waals surface area contributed by atoms with Crippen molar-refractivity contribution in [1.29, 1.82) is 0 Å². The molecule has 3 nitrogen and oxygen atoms in total. The van der Waals surface area contributed by atoms with Gasteiger partial charge in [0.2, 0.25) is 0 Å². The summed E-state index contributed by atoms with van der Waals surface area (Å²) in [4.78, 5) is 4.55. The molecule has 2 rings (SSSR count). The Balaban J connectivity index is 1.84. The van der Waals surface area contributed by atoms with Gasteiger partial charge in [0.25, 0.3) is 0 Å². The first-order chi connectivity index (χ1) is 10.2. The van der Waals surface area contributed by atoms with E-state index in [4.69, 9.17) is 8.84 Å². The number of fused-ring (bicyclic) bond motifs is 1. The van der Waals surface area contributed by atoms with Crippen LogP contribution in [0, 0.1) is 5.92 Å². The highest BCUT2D eigenvalue weighted by molar-refractivity contribution is 6.74. The Kier molecular flexibility index (Phi) is 5.13. The highest BCUT2D eigenvalue weighted by atomic mass is 28.4. The number of aromatic nitrogens is 1. The Morgan fingerprint density at radius 2 is 1.91 bits per heavy atom. The zero-order valence-corrected chi connectivity index (χ0v) is 15.8. The average molecular weight is 320 g/mol. The average Bonchev–Trinajstić information content (AvgIpc) is 2.78. The van der Waals surface area contributed by atoms with Gasteiger partial charge in [-0.1, -0.05) is 39.8 Å². The molecular formula is C18H29NO2Si. The van der Waals surface area contributed by atoms with Gasteiger partial charge in [-0.2, -0.15) is 0 Å². The lowest BCUT2D eigenvalue weighted by molar-refractivity contribution is 0.256. The van der Waals surface area contributed by atoms with Crippen LogP contribution in [0.4, 0.5) is 0 Å². The molecule has 0 spiro atoms.